The molecule has 1 saturated heterocycles. The minimum Gasteiger partial charge on any atom is -0.462 e. The van der Waals surface area contributed by atoms with Crippen LogP contribution in [0.15, 0.2) is 21.1 Å². The molecule has 22 heavy (non-hydrogen) atoms. The summed E-state index contributed by atoms with van der Waals surface area (Å²) in [5.74, 6) is 2.82. The molecule has 5 nitrogen and oxygen atoms in total. The highest BCUT2D eigenvalue weighted by Crippen LogP contribution is 2.29. The molecule has 2 aromatic heterocycles. The topological polar surface area (TPSA) is 51.6 Å². The Hall–Kier alpha value is -1.59. The molecule has 5 heteroatoms. The number of hydrogen-bond donors (Lipinski definition) is 0. The molecule has 2 aromatic rings. The van der Waals surface area contributed by atoms with E-state index in [0.717, 1.165) is 61.1 Å². The van der Waals surface area contributed by atoms with E-state index in [0.29, 0.717) is 0 Å². The number of rotatable bonds is 5. The summed E-state index contributed by atoms with van der Waals surface area (Å²) in [6, 6.07) is 4.10. The van der Waals surface area contributed by atoms with E-state index in [2.05, 4.69) is 29.2 Å². The summed E-state index contributed by atoms with van der Waals surface area (Å²) >= 11 is 0. The van der Waals surface area contributed by atoms with E-state index in [1.54, 1.807) is 0 Å². The van der Waals surface area contributed by atoms with Crippen LogP contribution in [-0.4, -0.2) is 23.7 Å². The molecule has 3 heterocycles. The third kappa shape index (κ3) is 3.42. The molecular formula is C17H24N2O3. The summed E-state index contributed by atoms with van der Waals surface area (Å²) in [5, 5.41) is 4.00. The lowest BCUT2D eigenvalue weighted by Crippen LogP contribution is -2.17. The summed E-state index contributed by atoms with van der Waals surface area (Å²) in [4.78, 5) is 2.21. The van der Waals surface area contributed by atoms with Crippen LogP contribution in [0.1, 0.15) is 53.9 Å². The summed E-state index contributed by atoms with van der Waals surface area (Å²) in [6.07, 6.45) is 3.56. The van der Waals surface area contributed by atoms with Gasteiger partial charge in [0.15, 0.2) is 0 Å². The van der Waals surface area contributed by atoms with Crippen LogP contribution in [-0.2, 0) is 17.8 Å². The fourth-order valence-corrected chi connectivity index (χ4v) is 2.94. The maximum atomic E-state index is 5.97. The highest BCUT2D eigenvalue weighted by Gasteiger charge is 2.20. The van der Waals surface area contributed by atoms with Gasteiger partial charge in [0.05, 0.1) is 12.2 Å². The predicted octanol–water partition coefficient (Wildman–Crippen LogP) is 3.76. The zero-order valence-electron chi connectivity index (χ0n) is 13.6. The van der Waals surface area contributed by atoms with Gasteiger partial charge < -0.3 is 13.7 Å². The average Bonchev–Trinajstić information content (AvgIpc) is 3.10. The maximum absolute atomic E-state index is 5.97. The first kappa shape index (κ1) is 15.3. The standard InChI is InChI=1S/C17H24N2O3/c1-12-15(13(2)22-18-12)11-19(3)10-14-7-8-17(21-14)16-6-4-5-9-20-16/h7-8,16H,4-6,9-11H2,1-3H3. The second-order valence-corrected chi connectivity index (χ2v) is 6.13. The Morgan fingerprint density at radius 1 is 1.23 bits per heavy atom. The van der Waals surface area contributed by atoms with Crippen molar-refractivity contribution in [1.29, 1.82) is 0 Å². The molecule has 1 atom stereocenters. The van der Waals surface area contributed by atoms with Crippen LogP contribution in [0.3, 0.4) is 0 Å². The third-order valence-corrected chi connectivity index (χ3v) is 4.21. The van der Waals surface area contributed by atoms with Crippen molar-refractivity contribution in [1.82, 2.24) is 10.1 Å². The van der Waals surface area contributed by atoms with Crippen LogP contribution in [0.5, 0.6) is 0 Å². The van der Waals surface area contributed by atoms with Crippen molar-refractivity contribution in [2.24, 2.45) is 0 Å². The van der Waals surface area contributed by atoms with Gasteiger partial charge in [0.2, 0.25) is 0 Å². The molecule has 0 bridgehead atoms. The Bertz CT molecular complexity index is 592. The number of nitrogens with zero attached hydrogens (tertiary/aromatic N) is 2. The van der Waals surface area contributed by atoms with Gasteiger partial charge in [-0.2, -0.15) is 0 Å². The van der Waals surface area contributed by atoms with Crippen molar-refractivity contribution >= 4 is 0 Å². The van der Waals surface area contributed by atoms with Gasteiger partial charge in [-0.05, 0) is 52.3 Å². The lowest BCUT2D eigenvalue weighted by molar-refractivity contribution is 0.000906. The molecule has 3 rings (SSSR count). The van der Waals surface area contributed by atoms with Crippen LogP contribution in [0.25, 0.3) is 0 Å². The number of aromatic nitrogens is 1. The van der Waals surface area contributed by atoms with E-state index in [-0.39, 0.29) is 6.10 Å². The Morgan fingerprint density at radius 3 is 2.77 bits per heavy atom. The normalized spacial score (nSPS) is 19.0. The molecule has 0 aromatic carbocycles. The minimum absolute atomic E-state index is 0.135. The summed E-state index contributed by atoms with van der Waals surface area (Å²) in [5.41, 5.74) is 2.12. The fourth-order valence-electron chi connectivity index (χ4n) is 2.94. The van der Waals surface area contributed by atoms with Gasteiger partial charge in [0.1, 0.15) is 23.4 Å². The lowest BCUT2D eigenvalue weighted by Gasteiger charge is -2.20. The molecule has 0 amide bonds. The van der Waals surface area contributed by atoms with E-state index in [9.17, 15) is 0 Å². The lowest BCUT2D eigenvalue weighted by atomic mass is 10.1. The molecule has 1 fully saturated rings. The average molecular weight is 304 g/mol. The van der Waals surface area contributed by atoms with Crippen molar-refractivity contribution in [3.63, 3.8) is 0 Å². The van der Waals surface area contributed by atoms with E-state index >= 15 is 0 Å². The molecule has 1 aliphatic rings. The van der Waals surface area contributed by atoms with Crippen LogP contribution in [0, 0.1) is 13.8 Å². The third-order valence-electron chi connectivity index (χ3n) is 4.21. The highest BCUT2D eigenvalue weighted by atomic mass is 16.5. The van der Waals surface area contributed by atoms with Gasteiger partial charge in [-0.25, -0.2) is 0 Å². The van der Waals surface area contributed by atoms with Gasteiger partial charge in [-0.1, -0.05) is 5.16 Å². The first-order valence-corrected chi connectivity index (χ1v) is 7.94. The van der Waals surface area contributed by atoms with Crippen molar-refractivity contribution in [3.8, 4) is 0 Å². The van der Waals surface area contributed by atoms with E-state index in [1.807, 2.05) is 13.8 Å². The second-order valence-electron chi connectivity index (χ2n) is 6.13. The molecule has 0 aliphatic carbocycles. The summed E-state index contributed by atoms with van der Waals surface area (Å²) < 4.78 is 17.0. The number of hydrogen-bond acceptors (Lipinski definition) is 5. The van der Waals surface area contributed by atoms with Gasteiger partial charge in [0.25, 0.3) is 0 Å². The van der Waals surface area contributed by atoms with Crippen molar-refractivity contribution in [2.45, 2.75) is 52.3 Å². The van der Waals surface area contributed by atoms with Crippen LogP contribution in [0.4, 0.5) is 0 Å². The van der Waals surface area contributed by atoms with Gasteiger partial charge in [-0.3, -0.25) is 4.90 Å². The van der Waals surface area contributed by atoms with E-state index in [1.165, 1.54) is 6.42 Å². The molecule has 120 valence electrons. The Morgan fingerprint density at radius 2 is 2.09 bits per heavy atom. The fraction of sp³-hybridized carbons (Fsp3) is 0.588. The predicted molar refractivity (Wildman–Crippen MR) is 82.4 cm³/mol. The highest BCUT2D eigenvalue weighted by molar-refractivity contribution is 5.20. The molecule has 0 spiro atoms. The van der Waals surface area contributed by atoms with Gasteiger partial charge >= 0.3 is 0 Å². The Balaban J connectivity index is 1.60. The van der Waals surface area contributed by atoms with E-state index in [4.69, 9.17) is 13.7 Å². The summed E-state index contributed by atoms with van der Waals surface area (Å²) in [6.45, 7) is 6.33. The van der Waals surface area contributed by atoms with Crippen LogP contribution < -0.4 is 0 Å². The van der Waals surface area contributed by atoms with Gasteiger partial charge in [-0.15, -0.1) is 0 Å². The monoisotopic (exact) mass is 304 g/mol. The molecule has 0 saturated carbocycles. The Labute approximate surface area is 131 Å². The van der Waals surface area contributed by atoms with Crippen molar-refractivity contribution in [2.75, 3.05) is 13.7 Å². The van der Waals surface area contributed by atoms with Crippen LogP contribution in [0.2, 0.25) is 0 Å². The molecular weight excluding hydrogens is 280 g/mol. The smallest absolute Gasteiger partial charge is 0.138 e. The first-order valence-electron chi connectivity index (χ1n) is 7.94. The number of aryl methyl sites for hydroxylation is 2. The second kappa shape index (κ2) is 6.67. The number of furan rings is 1. The van der Waals surface area contributed by atoms with E-state index < -0.39 is 0 Å². The van der Waals surface area contributed by atoms with Crippen molar-refractivity contribution in [3.05, 3.63) is 40.7 Å². The zero-order chi connectivity index (χ0) is 15.5. The largest absolute Gasteiger partial charge is 0.462 e. The van der Waals surface area contributed by atoms with Crippen molar-refractivity contribution < 1.29 is 13.7 Å². The maximum Gasteiger partial charge on any atom is 0.138 e. The van der Waals surface area contributed by atoms with Crippen LogP contribution >= 0.6 is 0 Å². The minimum atomic E-state index is 0.135. The summed E-state index contributed by atoms with van der Waals surface area (Å²) in [7, 11) is 2.07. The molecule has 0 N–H and O–H groups in total. The Kier molecular flexibility index (Phi) is 4.64. The first-order chi connectivity index (χ1) is 10.6. The molecule has 1 aliphatic heterocycles. The SMILES string of the molecule is Cc1noc(C)c1CN(C)Cc1ccc(C2CCCCO2)o1. The molecule has 0 radical (unpaired) electrons. The van der Waals surface area contributed by atoms with Gasteiger partial charge in [0, 0.05) is 18.7 Å². The quantitative estimate of drug-likeness (QED) is 0.842. The zero-order valence-corrected chi connectivity index (χ0v) is 13.6. The number of ether oxygens (including phenoxy) is 1. The molecule has 1 unspecified atom stereocenters.